The van der Waals surface area contributed by atoms with Gasteiger partial charge in [-0.05, 0) is 42.5 Å². The molecule has 1 amide bonds. The Morgan fingerprint density at radius 2 is 1.55 bits per heavy atom. The molecule has 3 aromatic carbocycles. The number of hydrazone groups is 1. The van der Waals surface area contributed by atoms with Crippen molar-refractivity contribution in [1.29, 1.82) is 0 Å². The first kappa shape index (κ1) is 23.3. The first-order valence-electron chi connectivity index (χ1n) is 9.67. The molecule has 0 aliphatic heterocycles. The van der Waals surface area contributed by atoms with E-state index in [4.69, 9.17) is 18.9 Å². The number of hydrogen-bond donors (Lipinski definition) is 1. The van der Waals surface area contributed by atoms with Crippen LogP contribution in [0.15, 0.2) is 65.8 Å². The number of carbonyl (C=O) groups excluding carboxylic acids is 2. The van der Waals surface area contributed by atoms with Crippen molar-refractivity contribution < 1.29 is 32.9 Å². The largest absolute Gasteiger partial charge is 0.493 e. The van der Waals surface area contributed by atoms with Gasteiger partial charge in [0.2, 0.25) is 5.75 Å². The third-order valence-corrected chi connectivity index (χ3v) is 4.48. The zero-order valence-corrected chi connectivity index (χ0v) is 18.1. The molecule has 3 rings (SSSR count). The van der Waals surface area contributed by atoms with Crippen LogP contribution in [0.4, 0.5) is 4.39 Å². The molecular formula is C24H21FN2O6. The number of ether oxygens (including phenoxy) is 4. The lowest BCUT2D eigenvalue weighted by molar-refractivity contribution is 0.0733. The maximum Gasteiger partial charge on any atom is 0.343 e. The Labute approximate surface area is 189 Å². The topological polar surface area (TPSA) is 95.5 Å². The van der Waals surface area contributed by atoms with Crippen molar-refractivity contribution in [3.8, 4) is 23.0 Å². The van der Waals surface area contributed by atoms with Crippen molar-refractivity contribution in [2.45, 2.75) is 0 Å². The highest BCUT2D eigenvalue weighted by Gasteiger charge is 2.19. The summed E-state index contributed by atoms with van der Waals surface area (Å²) in [6.07, 6.45) is 1.31. The van der Waals surface area contributed by atoms with E-state index in [1.54, 1.807) is 24.3 Å². The molecule has 0 unspecified atom stereocenters. The standard InChI is InChI=1S/C24H21FN2O6/c1-30-20-12-17(13-21(31-2)22(20)32-3)24(29)33-19-10-5-4-7-16(19)14-26-27-23(28)15-8-6-9-18(25)11-15/h4-14H,1-3H3,(H,27,28). The lowest BCUT2D eigenvalue weighted by Gasteiger charge is -2.14. The Kier molecular flexibility index (Phi) is 7.59. The van der Waals surface area contributed by atoms with Gasteiger partial charge in [-0.15, -0.1) is 0 Å². The van der Waals surface area contributed by atoms with E-state index in [-0.39, 0.29) is 16.9 Å². The molecule has 0 aliphatic carbocycles. The van der Waals surface area contributed by atoms with Crippen molar-refractivity contribution in [3.63, 3.8) is 0 Å². The van der Waals surface area contributed by atoms with Gasteiger partial charge in [0.15, 0.2) is 11.5 Å². The second-order valence-electron chi connectivity index (χ2n) is 6.55. The van der Waals surface area contributed by atoms with Gasteiger partial charge in [0.05, 0.1) is 33.1 Å². The molecule has 0 fully saturated rings. The highest BCUT2D eigenvalue weighted by molar-refractivity contribution is 5.96. The summed E-state index contributed by atoms with van der Waals surface area (Å²) in [6, 6.07) is 14.8. The fourth-order valence-electron chi connectivity index (χ4n) is 2.89. The van der Waals surface area contributed by atoms with Crippen molar-refractivity contribution in [1.82, 2.24) is 5.43 Å². The van der Waals surface area contributed by atoms with Gasteiger partial charge in [-0.1, -0.05) is 18.2 Å². The molecule has 9 heteroatoms. The Balaban J connectivity index is 1.77. The first-order valence-corrected chi connectivity index (χ1v) is 9.67. The predicted molar refractivity (Wildman–Crippen MR) is 119 cm³/mol. The molecule has 0 saturated carbocycles. The van der Waals surface area contributed by atoms with Crippen molar-refractivity contribution in [3.05, 3.63) is 83.2 Å². The minimum absolute atomic E-state index is 0.120. The number of amides is 1. The zero-order valence-electron chi connectivity index (χ0n) is 18.1. The molecule has 3 aromatic rings. The number of methoxy groups -OCH3 is 3. The quantitative estimate of drug-likeness (QED) is 0.242. The third-order valence-electron chi connectivity index (χ3n) is 4.48. The van der Waals surface area contributed by atoms with Crippen molar-refractivity contribution >= 4 is 18.1 Å². The molecule has 0 bridgehead atoms. The average molecular weight is 452 g/mol. The summed E-state index contributed by atoms with van der Waals surface area (Å²) in [6.45, 7) is 0. The predicted octanol–water partition coefficient (Wildman–Crippen LogP) is 3.83. The van der Waals surface area contributed by atoms with Crippen LogP contribution in [0.25, 0.3) is 0 Å². The summed E-state index contributed by atoms with van der Waals surface area (Å²) < 4.78 is 34.6. The Morgan fingerprint density at radius 1 is 0.848 bits per heavy atom. The van der Waals surface area contributed by atoms with E-state index >= 15 is 0 Å². The van der Waals surface area contributed by atoms with Gasteiger partial charge in [0.25, 0.3) is 5.91 Å². The highest BCUT2D eigenvalue weighted by Crippen LogP contribution is 2.38. The van der Waals surface area contributed by atoms with Crippen LogP contribution in [0.1, 0.15) is 26.3 Å². The van der Waals surface area contributed by atoms with E-state index in [0.717, 1.165) is 6.07 Å². The number of halogens is 1. The van der Waals surface area contributed by atoms with Crippen molar-refractivity contribution in [2.75, 3.05) is 21.3 Å². The maximum absolute atomic E-state index is 13.3. The van der Waals surface area contributed by atoms with Crippen LogP contribution < -0.4 is 24.4 Å². The van der Waals surface area contributed by atoms with Crippen LogP contribution in [-0.2, 0) is 0 Å². The molecule has 0 saturated heterocycles. The lowest BCUT2D eigenvalue weighted by atomic mass is 10.1. The minimum atomic E-state index is -0.668. The van der Waals surface area contributed by atoms with Gasteiger partial charge in [-0.3, -0.25) is 4.79 Å². The Morgan fingerprint density at radius 3 is 2.18 bits per heavy atom. The summed E-state index contributed by atoms with van der Waals surface area (Å²) in [7, 11) is 4.34. The van der Waals surface area contributed by atoms with E-state index in [1.807, 2.05) is 0 Å². The normalized spacial score (nSPS) is 10.5. The van der Waals surface area contributed by atoms with E-state index in [1.165, 1.54) is 57.9 Å². The smallest absolute Gasteiger partial charge is 0.343 e. The molecule has 0 heterocycles. The molecule has 0 aliphatic rings. The van der Waals surface area contributed by atoms with Crippen molar-refractivity contribution in [2.24, 2.45) is 5.10 Å². The minimum Gasteiger partial charge on any atom is -0.493 e. The molecule has 33 heavy (non-hydrogen) atoms. The van der Waals surface area contributed by atoms with Gasteiger partial charge in [0, 0.05) is 11.1 Å². The molecule has 0 spiro atoms. The van der Waals surface area contributed by atoms with Crippen LogP contribution in [0.2, 0.25) is 0 Å². The summed E-state index contributed by atoms with van der Waals surface area (Å²) in [5, 5.41) is 3.87. The fourth-order valence-corrected chi connectivity index (χ4v) is 2.89. The molecule has 1 N–H and O–H groups in total. The van der Waals surface area contributed by atoms with Gasteiger partial charge in [0.1, 0.15) is 11.6 Å². The SMILES string of the molecule is COc1cc(C(=O)Oc2ccccc2C=NNC(=O)c2cccc(F)c2)cc(OC)c1OC. The van der Waals surface area contributed by atoms with Gasteiger partial charge in [-0.2, -0.15) is 5.10 Å². The van der Waals surface area contributed by atoms with Gasteiger partial charge >= 0.3 is 5.97 Å². The molecule has 0 aromatic heterocycles. The maximum atomic E-state index is 13.3. The molecular weight excluding hydrogens is 431 g/mol. The summed E-state index contributed by atoms with van der Waals surface area (Å²) in [5.74, 6) is -0.622. The summed E-state index contributed by atoms with van der Waals surface area (Å²) >= 11 is 0. The van der Waals surface area contributed by atoms with E-state index in [0.29, 0.717) is 22.8 Å². The highest BCUT2D eigenvalue weighted by atomic mass is 19.1. The summed E-state index contributed by atoms with van der Waals surface area (Å²) in [5.41, 5.74) is 3.03. The van der Waals surface area contributed by atoms with Crippen LogP contribution in [0.5, 0.6) is 23.0 Å². The number of rotatable bonds is 8. The Bertz CT molecular complexity index is 1170. The summed E-state index contributed by atoms with van der Waals surface area (Å²) in [4.78, 5) is 24.9. The molecule has 0 atom stereocenters. The number of para-hydroxylation sites is 1. The van der Waals surface area contributed by atoms with E-state index in [2.05, 4.69) is 10.5 Å². The number of carbonyl (C=O) groups is 2. The van der Waals surface area contributed by atoms with E-state index < -0.39 is 17.7 Å². The number of nitrogens with one attached hydrogen (secondary N) is 1. The molecule has 170 valence electrons. The van der Waals surface area contributed by atoms with Crippen LogP contribution in [0.3, 0.4) is 0 Å². The number of esters is 1. The zero-order chi connectivity index (χ0) is 23.8. The lowest BCUT2D eigenvalue weighted by Crippen LogP contribution is -2.17. The monoisotopic (exact) mass is 452 g/mol. The third kappa shape index (κ3) is 5.65. The van der Waals surface area contributed by atoms with Gasteiger partial charge in [-0.25, -0.2) is 14.6 Å². The fraction of sp³-hybridized carbons (Fsp3) is 0.125. The first-order chi connectivity index (χ1) is 16.0. The second kappa shape index (κ2) is 10.8. The second-order valence-corrected chi connectivity index (χ2v) is 6.55. The molecule has 0 radical (unpaired) electrons. The van der Waals surface area contributed by atoms with Crippen LogP contribution in [0, 0.1) is 5.82 Å². The molecule has 8 nitrogen and oxygen atoms in total. The Hall–Kier alpha value is -4.40. The number of nitrogens with zero attached hydrogens (tertiary/aromatic N) is 1. The van der Waals surface area contributed by atoms with Gasteiger partial charge < -0.3 is 18.9 Å². The number of hydrogen-bond acceptors (Lipinski definition) is 7. The average Bonchev–Trinajstić information content (AvgIpc) is 2.83. The van der Waals surface area contributed by atoms with Crippen LogP contribution >= 0.6 is 0 Å². The van der Waals surface area contributed by atoms with E-state index in [9.17, 15) is 14.0 Å². The van der Waals surface area contributed by atoms with Crippen LogP contribution in [-0.4, -0.2) is 39.4 Å². The number of benzene rings is 3.